The van der Waals surface area contributed by atoms with E-state index in [0.717, 1.165) is 22.5 Å². The first-order valence-electron chi connectivity index (χ1n) is 12.0. The molecule has 4 aromatic rings. The Kier molecular flexibility index (Phi) is 6.46. The summed E-state index contributed by atoms with van der Waals surface area (Å²) in [6, 6.07) is 20.8. The number of rotatable bonds is 7. The van der Waals surface area contributed by atoms with Gasteiger partial charge in [-0.05, 0) is 68.0 Å². The van der Waals surface area contributed by atoms with Gasteiger partial charge in [0.25, 0.3) is 5.91 Å². The van der Waals surface area contributed by atoms with Gasteiger partial charge in [0.05, 0.1) is 34.4 Å². The first-order valence-corrected chi connectivity index (χ1v) is 12.0. The third kappa shape index (κ3) is 4.96. The molecule has 1 amide bonds. The monoisotopic (exact) mass is 483 g/mol. The van der Waals surface area contributed by atoms with Gasteiger partial charge in [-0.1, -0.05) is 42.5 Å². The van der Waals surface area contributed by atoms with Crippen molar-refractivity contribution >= 4 is 22.9 Å². The van der Waals surface area contributed by atoms with E-state index in [1.165, 1.54) is 12.1 Å². The summed E-state index contributed by atoms with van der Waals surface area (Å²) in [7, 11) is 0. The molecular formula is C29H26FN3O3. The highest BCUT2D eigenvalue weighted by Crippen LogP contribution is 2.37. The minimum absolute atomic E-state index is 0.239. The third-order valence-corrected chi connectivity index (χ3v) is 6.83. The van der Waals surface area contributed by atoms with Crippen molar-refractivity contribution in [1.29, 1.82) is 0 Å². The Morgan fingerprint density at radius 3 is 2.42 bits per heavy atom. The molecule has 1 atom stereocenters. The third-order valence-electron chi connectivity index (χ3n) is 6.83. The summed E-state index contributed by atoms with van der Waals surface area (Å²) in [6.07, 6.45) is 1.90. The van der Waals surface area contributed by atoms with Crippen LogP contribution in [-0.4, -0.2) is 27.0 Å². The van der Waals surface area contributed by atoms with E-state index in [9.17, 15) is 19.1 Å². The molecule has 0 unspecified atom stereocenters. The molecule has 1 fully saturated rings. The van der Waals surface area contributed by atoms with Crippen molar-refractivity contribution in [2.24, 2.45) is 11.8 Å². The zero-order valence-electron chi connectivity index (χ0n) is 19.8. The van der Waals surface area contributed by atoms with Gasteiger partial charge in [0.2, 0.25) is 0 Å². The molecule has 1 aliphatic rings. The number of aromatic nitrogens is 2. The Labute approximate surface area is 208 Å². The number of carbonyl (C=O) groups is 2. The number of hydrogen-bond donors (Lipinski definition) is 2. The standard InChI is InChI=1S/C29H26FN3O3/c1-17(19-7-10-23(30)11-8-19)31-28(34)21-9-12-24-25(16-21)32-26(15-18-13-22(14-18)29(35)36)27(33-24)20-5-3-2-4-6-20/h2-12,16-18,22H,13-15H2,1H3,(H,31,34)(H,35,36)/t17-,18?,22?/m1/s1. The fraction of sp³-hybridized carbons (Fsp3) is 0.241. The molecule has 1 saturated carbocycles. The summed E-state index contributed by atoms with van der Waals surface area (Å²) in [5.41, 5.74) is 5.09. The van der Waals surface area contributed by atoms with E-state index in [2.05, 4.69) is 5.32 Å². The van der Waals surface area contributed by atoms with Crippen LogP contribution in [0.5, 0.6) is 0 Å². The van der Waals surface area contributed by atoms with Crippen LogP contribution in [0, 0.1) is 17.7 Å². The number of carbonyl (C=O) groups excluding carboxylic acids is 1. The van der Waals surface area contributed by atoms with Crippen LogP contribution in [0.25, 0.3) is 22.3 Å². The number of benzene rings is 3. The summed E-state index contributed by atoms with van der Waals surface area (Å²) in [5.74, 6) is -1.38. The Bertz CT molecular complexity index is 1420. The lowest BCUT2D eigenvalue weighted by Crippen LogP contribution is -2.31. The predicted molar refractivity (Wildman–Crippen MR) is 135 cm³/mol. The number of carboxylic acids is 1. The second-order valence-corrected chi connectivity index (χ2v) is 9.41. The SMILES string of the molecule is C[C@@H](NC(=O)c1ccc2nc(-c3ccccc3)c(CC3CC(C(=O)O)C3)nc2c1)c1ccc(F)cc1. The first-order chi connectivity index (χ1) is 17.4. The number of amides is 1. The van der Waals surface area contributed by atoms with E-state index in [-0.39, 0.29) is 29.6 Å². The van der Waals surface area contributed by atoms with Crippen molar-refractivity contribution < 1.29 is 19.1 Å². The molecule has 36 heavy (non-hydrogen) atoms. The van der Waals surface area contributed by atoms with Crippen LogP contribution in [0.1, 0.15) is 47.4 Å². The smallest absolute Gasteiger partial charge is 0.306 e. The van der Waals surface area contributed by atoms with Gasteiger partial charge in [-0.15, -0.1) is 0 Å². The van der Waals surface area contributed by atoms with Crippen LogP contribution < -0.4 is 5.32 Å². The summed E-state index contributed by atoms with van der Waals surface area (Å²) in [6.45, 7) is 1.85. The van der Waals surface area contributed by atoms with E-state index in [1.807, 2.05) is 37.3 Å². The molecule has 1 aliphatic carbocycles. The van der Waals surface area contributed by atoms with Crippen LogP contribution in [0.3, 0.4) is 0 Å². The van der Waals surface area contributed by atoms with Crippen molar-refractivity contribution in [2.45, 2.75) is 32.2 Å². The van der Waals surface area contributed by atoms with Crippen LogP contribution in [0.2, 0.25) is 0 Å². The highest BCUT2D eigenvalue weighted by Gasteiger charge is 2.35. The van der Waals surface area contributed by atoms with Crippen molar-refractivity contribution in [1.82, 2.24) is 15.3 Å². The Balaban J connectivity index is 1.43. The molecule has 182 valence electrons. The minimum Gasteiger partial charge on any atom is -0.481 e. The van der Waals surface area contributed by atoms with Crippen LogP contribution in [0.4, 0.5) is 4.39 Å². The summed E-state index contributed by atoms with van der Waals surface area (Å²) >= 11 is 0. The molecule has 3 aromatic carbocycles. The van der Waals surface area contributed by atoms with Gasteiger partial charge in [0, 0.05) is 11.1 Å². The van der Waals surface area contributed by atoms with Gasteiger partial charge < -0.3 is 10.4 Å². The lowest BCUT2D eigenvalue weighted by atomic mass is 9.72. The molecule has 0 spiro atoms. The van der Waals surface area contributed by atoms with Crippen LogP contribution >= 0.6 is 0 Å². The van der Waals surface area contributed by atoms with Crippen molar-refractivity contribution in [3.05, 3.63) is 95.4 Å². The molecule has 5 rings (SSSR count). The second kappa shape index (κ2) is 9.85. The molecule has 1 aromatic heterocycles. The number of fused-ring (bicyclic) bond motifs is 1. The zero-order valence-corrected chi connectivity index (χ0v) is 19.8. The highest BCUT2D eigenvalue weighted by atomic mass is 19.1. The molecule has 1 heterocycles. The van der Waals surface area contributed by atoms with E-state index in [0.29, 0.717) is 35.9 Å². The topological polar surface area (TPSA) is 92.2 Å². The highest BCUT2D eigenvalue weighted by molar-refractivity contribution is 5.97. The van der Waals surface area contributed by atoms with Gasteiger partial charge in [-0.2, -0.15) is 0 Å². The molecule has 0 saturated heterocycles. The maximum atomic E-state index is 13.2. The number of hydrogen-bond acceptors (Lipinski definition) is 4. The largest absolute Gasteiger partial charge is 0.481 e. The van der Waals surface area contributed by atoms with Gasteiger partial charge in [0.15, 0.2) is 0 Å². The molecule has 0 aliphatic heterocycles. The summed E-state index contributed by atoms with van der Waals surface area (Å²) < 4.78 is 13.2. The van der Waals surface area contributed by atoms with Crippen LogP contribution in [0.15, 0.2) is 72.8 Å². The molecule has 2 N–H and O–H groups in total. The zero-order chi connectivity index (χ0) is 25.2. The average Bonchev–Trinajstić information content (AvgIpc) is 2.85. The van der Waals surface area contributed by atoms with Gasteiger partial charge in [-0.25, -0.2) is 14.4 Å². The molecule has 0 bridgehead atoms. The van der Waals surface area contributed by atoms with Gasteiger partial charge >= 0.3 is 5.97 Å². The number of aliphatic carboxylic acids is 1. The Hall–Kier alpha value is -4.13. The van der Waals surface area contributed by atoms with E-state index in [1.54, 1.807) is 30.3 Å². The maximum Gasteiger partial charge on any atom is 0.306 e. The van der Waals surface area contributed by atoms with Crippen LogP contribution in [-0.2, 0) is 11.2 Å². The normalized spacial score (nSPS) is 17.8. The lowest BCUT2D eigenvalue weighted by Gasteiger charge is -2.32. The fourth-order valence-electron chi connectivity index (χ4n) is 4.69. The number of carboxylic acid groups (broad SMARTS) is 1. The molecule has 6 nitrogen and oxygen atoms in total. The second-order valence-electron chi connectivity index (χ2n) is 9.41. The summed E-state index contributed by atoms with van der Waals surface area (Å²) in [5, 5.41) is 12.2. The van der Waals surface area contributed by atoms with E-state index in [4.69, 9.17) is 9.97 Å². The maximum absolute atomic E-state index is 13.2. The molecule has 7 heteroatoms. The predicted octanol–water partition coefficient (Wildman–Crippen LogP) is 5.58. The van der Waals surface area contributed by atoms with Crippen molar-refractivity contribution in [2.75, 3.05) is 0 Å². The minimum atomic E-state index is -0.746. The van der Waals surface area contributed by atoms with Crippen molar-refractivity contribution in [3.63, 3.8) is 0 Å². The Morgan fingerprint density at radius 2 is 1.72 bits per heavy atom. The number of halogens is 1. The molecular weight excluding hydrogens is 457 g/mol. The lowest BCUT2D eigenvalue weighted by molar-refractivity contribution is -0.146. The fourth-order valence-corrected chi connectivity index (χ4v) is 4.69. The number of nitrogens with one attached hydrogen (secondary N) is 1. The molecule has 0 radical (unpaired) electrons. The summed E-state index contributed by atoms with van der Waals surface area (Å²) in [4.78, 5) is 34.0. The van der Waals surface area contributed by atoms with Gasteiger partial charge in [0.1, 0.15) is 5.82 Å². The van der Waals surface area contributed by atoms with Gasteiger partial charge in [-0.3, -0.25) is 9.59 Å². The van der Waals surface area contributed by atoms with E-state index < -0.39 is 5.97 Å². The Morgan fingerprint density at radius 1 is 1.00 bits per heavy atom. The average molecular weight is 484 g/mol. The number of nitrogens with zero attached hydrogens (tertiary/aromatic N) is 2. The first kappa shape index (κ1) is 23.6. The quantitative estimate of drug-likeness (QED) is 0.358. The van der Waals surface area contributed by atoms with E-state index >= 15 is 0 Å². The van der Waals surface area contributed by atoms with Crippen molar-refractivity contribution in [3.8, 4) is 11.3 Å².